The molecule has 0 radical (unpaired) electrons. The molecular weight excluding hydrogens is 444 g/mol. The molecule has 3 rings (SSSR count). The first-order valence-electron chi connectivity index (χ1n) is 9.22. The molecule has 0 aliphatic carbocycles. The highest BCUT2D eigenvalue weighted by Crippen LogP contribution is 2.28. The summed E-state index contributed by atoms with van der Waals surface area (Å²) in [7, 11) is 1.31. The van der Waals surface area contributed by atoms with Crippen LogP contribution in [0.4, 0.5) is 11.4 Å². The van der Waals surface area contributed by atoms with Crippen molar-refractivity contribution in [3.63, 3.8) is 0 Å². The van der Waals surface area contributed by atoms with E-state index in [1.165, 1.54) is 25.3 Å². The molecule has 3 aromatic rings. The van der Waals surface area contributed by atoms with Gasteiger partial charge < -0.3 is 19.3 Å². The minimum absolute atomic E-state index is 0.0730. The fraction of sp³-hybridized carbons (Fsp3) is 0.200. The number of hydrogen-bond donors (Lipinski definition) is 1. The van der Waals surface area contributed by atoms with Gasteiger partial charge in [0.2, 0.25) is 11.7 Å². The summed E-state index contributed by atoms with van der Waals surface area (Å²) in [5.41, 5.74) is 0.733. The Kier molecular flexibility index (Phi) is 7.34. The van der Waals surface area contributed by atoms with Gasteiger partial charge in [-0.1, -0.05) is 16.8 Å². The molecule has 2 aromatic carbocycles. The van der Waals surface area contributed by atoms with E-state index < -0.39 is 23.4 Å². The van der Waals surface area contributed by atoms with Crippen LogP contribution < -0.4 is 10.1 Å². The van der Waals surface area contributed by atoms with Gasteiger partial charge in [0.15, 0.2) is 6.61 Å². The maximum Gasteiger partial charge on any atom is 0.306 e. The van der Waals surface area contributed by atoms with E-state index in [0.717, 1.165) is 0 Å². The molecule has 1 amide bonds. The predicted molar refractivity (Wildman–Crippen MR) is 112 cm³/mol. The molecule has 11 nitrogen and oxygen atoms in total. The van der Waals surface area contributed by atoms with Gasteiger partial charge >= 0.3 is 5.97 Å². The third-order valence-electron chi connectivity index (χ3n) is 4.15. The van der Waals surface area contributed by atoms with Crippen molar-refractivity contribution in [2.45, 2.75) is 12.8 Å². The molecular formula is C20H17ClN4O7. The van der Waals surface area contributed by atoms with Gasteiger partial charge in [-0.3, -0.25) is 19.7 Å². The van der Waals surface area contributed by atoms with Crippen LogP contribution in [0.3, 0.4) is 0 Å². The van der Waals surface area contributed by atoms with Crippen LogP contribution >= 0.6 is 11.6 Å². The Bertz CT molecular complexity index is 1130. The molecule has 0 aliphatic rings. The molecule has 0 unspecified atom stereocenters. The standard InChI is InChI=1S/C20H17ClN4O7/c1-30-16-10-14(25(28)29)6-7-15(16)22-17(26)11-31-19(27)9-8-18-23-20(24-32-18)12-2-4-13(21)5-3-12/h2-7,10H,8-9,11H2,1H3,(H,22,26). The van der Waals surface area contributed by atoms with Crippen LogP contribution in [0.5, 0.6) is 5.75 Å². The molecule has 0 saturated carbocycles. The number of ether oxygens (including phenoxy) is 2. The Labute approximate surface area is 186 Å². The van der Waals surface area contributed by atoms with Crippen LogP contribution in [0.1, 0.15) is 12.3 Å². The number of halogens is 1. The van der Waals surface area contributed by atoms with Gasteiger partial charge in [0.05, 0.1) is 30.2 Å². The first kappa shape index (κ1) is 22.7. The van der Waals surface area contributed by atoms with Crippen molar-refractivity contribution in [3.05, 3.63) is 63.5 Å². The Morgan fingerprint density at radius 2 is 1.97 bits per heavy atom. The highest BCUT2D eigenvalue weighted by molar-refractivity contribution is 6.30. The molecule has 1 aromatic heterocycles. The van der Waals surface area contributed by atoms with E-state index in [-0.39, 0.29) is 35.9 Å². The lowest BCUT2D eigenvalue weighted by molar-refractivity contribution is -0.384. The second kappa shape index (κ2) is 10.4. The first-order valence-corrected chi connectivity index (χ1v) is 9.60. The van der Waals surface area contributed by atoms with Crippen molar-refractivity contribution in [3.8, 4) is 17.1 Å². The Morgan fingerprint density at radius 1 is 1.22 bits per heavy atom. The van der Waals surface area contributed by atoms with Gasteiger partial charge in [0, 0.05) is 23.1 Å². The highest BCUT2D eigenvalue weighted by atomic mass is 35.5. The number of nitrogens with one attached hydrogen (secondary N) is 1. The van der Waals surface area contributed by atoms with Crippen LogP contribution in [0.25, 0.3) is 11.4 Å². The summed E-state index contributed by atoms with van der Waals surface area (Å²) < 4.78 is 15.1. The molecule has 1 N–H and O–H groups in total. The number of anilines is 1. The topological polar surface area (TPSA) is 147 Å². The second-order valence-electron chi connectivity index (χ2n) is 6.37. The number of amides is 1. The maximum atomic E-state index is 12.0. The number of methoxy groups -OCH3 is 1. The van der Waals surface area contributed by atoms with Crippen molar-refractivity contribution < 1.29 is 28.5 Å². The normalized spacial score (nSPS) is 10.4. The van der Waals surface area contributed by atoms with E-state index in [0.29, 0.717) is 16.4 Å². The summed E-state index contributed by atoms with van der Waals surface area (Å²) in [5, 5.41) is 17.7. The summed E-state index contributed by atoms with van der Waals surface area (Å²) in [6, 6.07) is 10.6. The Balaban J connectivity index is 1.46. The number of nitro groups is 1. The van der Waals surface area contributed by atoms with Crippen molar-refractivity contribution in [2.75, 3.05) is 19.0 Å². The third-order valence-corrected chi connectivity index (χ3v) is 4.40. The lowest BCUT2D eigenvalue weighted by Gasteiger charge is -2.10. The summed E-state index contributed by atoms with van der Waals surface area (Å²) in [4.78, 5) is 38.4. The van der Waals surface area contributed by atoms with Crippen molar-refractivity contribution in [2.24, 2.45) is 0 Å². The quantitative estimate of drug-likeness (QED) is 0.288. The number of carbonyl (C=O) groups excluding carboxylic acids is 2. The van der Waals surface area contributed by atoms with E-state index in [4.69, 9.17) is 25.6 Å². The van der Waals surface area contributed by atoms with Crippen molar-refractivity contribution in [1.29, 1.82) is 0 Å². The monoisotopic (exact) mass is 460 g/mol. The number of esters is 1. The molecule has 0 aliphatic heterocycles. The van der Waals surface area contributed by atoms with E-state index in [1.54, 1.807) is 24.3 Å². The first-order chi connectivity index (χ1) is 15.4. The van der Waals surface area contributed by atoms with E-state index in [2.05, 4.69) is 15.5 Å². The number of non-ortho nitro benzene ring substituents is 1. The molecule has 0 atom stereocenters. The van der Waals surface area contributed by atoms with Crippen LogP contribution in [0, 0.1) is 10.1 Å². The third kappa shape index (κ3) is 6.01. The zero-order valence-corrected chi connectivity index (χ0v) is 17.5. The highest BCUT2D eigenvalue weighted by Gasteiger charge is 2.16. The second-order valence-corrected chi connectivity index (χ2v) is 6.81. The molecule has 32 heavy (non-hydrogen) atoms. The summed E-state index contributed by atoms with van der Waals surface area (Å²) >= 11 is 5.84. The summed E-state index contributed by atoms with van der Waals surface area (Å²) in [6.07, 6.45) is 0.0631. The van der Waals surface area contributed by atoms with Crippen molar-refractivity contribution >= 4 is 34.9 Å². The summed E-state index contributed by atoms with van der Waals surface area (Å²) in [6.45, 7) is -0.543. The lowest BCUT2D eigenvalue weighted by atomic mass is 10.2. The number of nitrogens with zero attached hydrogens (tertiary/aromatic N) is 3. The average Bonchev–Trinajstić information content (AvgIpc) is 3.26. The predicted octanol–water partition coefficient (Wildman–Crippen LogP) is 3.42. The number of nitro benzene ring substituents is 1. The molecule has 0 spiro atoms. The lowest BCUT2D eigenvalue weighted by Crippen LogP contribution is -2.21. The Morgan fingerprint density at radius 3 is 2.66 bits per heavy atom. The molecule has 0 bridgehead atoms. The fourth-order valence-electron chi connectivity index (χ4n) is 2.58. The minimum Gasteiger partial charge on any atom is -0.494 e. The van der Waals surface area contributed by atoms with Crippen LogP contribution in [-0.4, -0.2) is 40.7 Å². The van der Waals surface area contributed by atoms with Crippen LogP contribution in [0.15, 0.2) is 47.0 Å². The van der Waals surface area contributed by atoms with Crippen LogP contribution in [0.2, 0.25) is 5.02 Å². The largest absolute Gasteiger partial charge is 0.494 e. The molecule has 1 heterocycles. The van der Waals surface area contributed by atoms with E-state index in [9.17, 15) is 19.7 Å². The van der Waals surface area contributed by atoms with E-state index in [1.807, 2.05) is 0 Å². The van der Waals surface area contributed by atoms with Gasteiger partial charge in [0.25, 0.3) is 11.6 Å². The molecule has 12 heteroatoms. The molecule has 166 valence electrons. The number of aromatic nitrogens is 2. The fourth-order valence-corrected chi connectivity index (χ4v) is 2.71. The Hall–Kier alpha value is -3.99. The number of carbonyl (C=O) groups is 2. The van der Waals surface area contributed by atoms with Gasteiger partial charge in [-0.2, -0.15) is 4.98 Å². The van der Waals surface area contributed by atoms with Gasteiger partial charge in [-0.25, -0.2) is 0 Å². The molecule has 0 saturated heterocycles. The van der Waals surface area contributed by atoms with Crippen molar-refractivity contribution in [1.82, 2.24) is 10.1 Å². The summed E-state index contributed by atoms with van der Waals surface area (Å²) in [5.74, 6) is -0.560. The smallest absolute Gasteiger partial charge is 0.306 e. The average molecular weight is 461 g/mol. The zero-order chi connectivity index (χ0) is 23.1. The SMILES string of the molecule is COc1cc([N+](=O)[O-])ccc1NC(=O)COC(=O)CCc1nc(-c2ccc(Cl)cc2)no1. The van der Waals surface area contributed by atoms with Crippen LogP contribution in [-0.2, 0) is 20.7 Å². The number of benzene rings is 2. The maximum absolute atomic E-state index is 12.0. The minimum atomic E-state index is -0.637. The van der Waals surface area contributed by atoms with Gasteiger partial charge in [-0.05, 0) is 30.3 Å². The number of aryl methyl sites for hydroxylation is 1. The number of hydrogen-bond acceptors (Lipinski definition) is 9. The van der Waals surface area contributed by atoms with Gasteiger partial charge in [0.1, 0.15) is 5.75 Å². The van der Waals surface area contributed by atoms with E-state index >= 15 is 0 Å². The number of rotatable bonds is 9. The molecule has 0 fully saturated rings. The van der Waals surface area contributed by atoms with Gasteiger partial charge in [-0.15, -0.1) is 0 Å². The zero-order valence-electron chi connectivity index (χ0n) is 16.7.